The lowest BCUT2D eigenvalue weighted by molar-refractivity contribution is 0.102. The molecule has 0 radical (unpaired) electrons. The van der Waals surface area contributed by atoms with Gasteiger partial charge in [-0.1, -0.05) is 11.3 Å². The van der Waals surface area contributed by atoms with Crippen molar-refractivity contribution in [2.24, 2.45) is 5.92 Å². The molecular formula is C14H22N2O2S. The van der Waals surface area contributed by atoms with Gasteiger partial charge in [0, 0.05) is 26.6 Å². The minimum atomic E-state index is 0.104. The Bertz CT molecular complexity index is 454. The molecule has 0 saturated heterocycles. The first kappa shape index (κ1) is 14.5. The smallest absolute Gasteiger partial charge is 0.186 e. The Morgan fingerprint density at radius 3 is 2.74 bits per heavy atom. The van der Waals surface area contributed by atoms with Crippen molar-refractivity contribution in [1.29, 1.82) is 0 Å². The number of carbonyl (C=O) groups excluding carboxylic acids is 1. The first-order valence-corrected chi connectivity index (χ1v) is 7.60. The molecule has 0 bridgehead atoms. The van der Waals surface area contributed by atoms with Crippen LogP contribution < -0.4 is 4.90 Å². The van der Waals surface area contributed by atoms with E-state index in [4.69, 9.17) is 4.74 Å². The largest absolute Gasteiger partial charge is 0.383 e. The summed E-state index contributed by atoms with van der Waals surface area (Å²) in [6.45, 7) is 7.28. The Hall–Kier alpha value is -0.940. The average molecular weight is 282 g/mol. The van der Waals surface area contributed by atoms with Crippen molar-refractivity contribution < 1.29 is 9.53 Å². The lowest BCUT2D eigenvalue weighted by atomic mass is 10.2. The number of ether oxygens (including phenoxy) is 1. The molecule has 106 valence electrons. The quantitative estimate of drug-likeness (QED) is 0.721. The second-order valence-corrected chi connectivity index (χ2v) is 6.21. The normalized spacial score (nSPS) is 16.4. The summed E-state index contributed by atoms with van der Waals surface area (Å²) in [6.07, 6.45) is 2.60. The average Bonchev–Trinajstić information content (AvgIpc) is 3.13. The molecule has 1 unspecified atom stereocenters. The van der Waals surface area contributed by atoms with Crippen LogP contribution in [-0.4, -0.2) is 37.1 Å². The fourth-order valence-electron chi connectivity index (χ4n) is 2.33. The molecule has 1 atom stereocenters. The molecule has 0 spiro atoms. The van der Waals surface area contributed by atoms with Crippen LogP contribution in [0.15, 0.2) is 0 Å². The number of aryl methyl sites for hydroxylation is 1. The highest BCUT2D eigenvalue weighted by Gasteiger charge is 2.33. The molecular weight excluding hydrogens is 260 g/mol. The number of hydrogen-bond donors (Lipinski definition) is 0. The molecule has 0 amide bonds. The zero-order chi connectivity index (χ0) is 14.0. The van der Waals surface area contributed by atoms with Crippen molar-refractivity contribution in [3.8, 4) is 0 Å². The second kappa shape index (κ2) is 6.01. The van der Waals surface area contributed by atoms with Gasteiger partial charge in [0.15, 0.2) is 10.9 Å². The van der Waals surface area contributed by atoms with Crippen LogP contribution in [0.25, 0.3) is 0 Å². The molecule has 2 rings (SSSR count). The van der Waals surface area contributed by atoms with Crippen molar-refractivity contribution in [3.63, 3.8) is 0 Å². The van der Waals surface area contributed by atoms with Gasteiger partial charge in [0.1, 0.15) is 0 Å². The number of anilines is 1. The maximum atomic E-state index is 11.6. The van der Waals surface area contributed by atoms with Gasteiger partial charge in [-0.2, -0.15) is 0 Å². The molecule has 1 aliphatic rings. The number of ketones is 1. The van der Waals surface area contributed by atoms with E-state index < -0.39 is 0 Å². The number of carbonyl (C=O) groups is 1. The van der Waals surface area contributed by atoms with Crippen molar-refractivity contribution in [2.45, 2.75) is 39.7 Å². The monoisotopic (exact) mass is 282 g/mol. The lowest BCUT2D eigenvalue weighted by Crippen LogP contribution is -2.37. The summed E-state index contributed by atoms with van der Waals surface area (Å²) in [5, 5.41) is 0.958. The minimum absolute atomic E-state index is 0.104. The first-order valence-electron chi connectivity index (χ1n) is 6.78. The number of rotatable bonds is 7. The highest BCUT2D eigenvalue weighted by atomic mass is 32.1. The van der Waals surface area contributed by atoms with E-state index >= 15 is 0 Å². The zero-order valence-corrected chi connectivity index (χ0v) is 12.9. The Balaban J connectivity index is 2.21. The van der Waals surface area contributed by atoms with Gasteiger partial charge in [0.05, 0.1) is 17.2 Å². The summed E-state index contributed by atoms with van der Waals surface area (Å²) in [5.74, 6) is 0.869. The number of Topliss-reactive ketones (excluding diaryl/α,β-unsaturated/α-hetero) is 1. The fraction of sp³-hybridized carbons (Fsp3) is 0.714. The topological polar surface area (TPSA) is 42.4 Å². The molecule has 4 nitrogen and oxygen atoms in total. The van der Waals surface area contributed by atoms with E-state index in [1.54, 1.807) is 14.0 Å². The fourth-order valence-corrected chi connectivity index (χ4v) is 3.40. The van der Waals surface area contributed by atoms with Crippen molar-refractivity contribution in [2.75, 3.05) is 25.2 Å². The standard InChI is InChI=1S/C14H22N2O2S/c1-9-13(11(3)17)19-14(15-9)16(7-8-18-4)10(2)12-5-6-12/h10,12H,5-8H2,1-4H3. The maximum Gasteiger partial charge on any atom is 0.186 e. The van der Waals surface area contributed by atoms with Gasteiger partial charge in [-0.25, -0.2) is 4.98 Å². The Morgan fingerprint density at radius 2 is 2.26 bits per heavy atom. The number of thiazole rings is 1. The van der Waals surface area contributed by atoms with Gasteiger partial charge < -0.3 is 9.64 Å². The third-order valence-electron chi connectivity index (χ3n) is 3.68. The molecule has 0 aromatic carbocycles. The van der Waals surface area contributed by atoms with Crippen LogP contribution in [0.3, 0.4) is 0 Å². The van der Waals surface area contributed by atoms with E-state index in [2.05, 4.69) is 16.8 Å². The Kier molecular flexibility index (Phi) is 4.58. The second-order valence-electron chi connectivity index (χ2n) is 5.23. The molecule has 19 heavy (non-hydrogen) atoms. The van der Waals surface area contributed by atoms with Gasteiger partial charge in [-0.3, -0.25) is 4.79 Å². The third-order valence-corrected chi connectivity index (χ3v) is 4.98. The van der Waals surface area contributed by atoms with Crippen LogP contribution in [0, 0.1) is 12.8 Å². The van der Waals surface area contributed by atoms with Gasteiger partial charge in [-0.05, 0) is 32.6 Å². The van der Waals surface area contributed by atoms with Crippen LogP contribution in [0.1, 0.15) is 42.1 Å². The van der Waals surface area contributed by atoms with E-state index in [-0.39, 0.29) is 5.78 Å². The van der Waals surface area contributed by atoms with Gasteiger partial charge in [-0.15, -0.1) is 0 Å². The molecule has 0 aliphatic heterocycles. The summed E-state index contributed by atoms with van der Waals surface area (Å²) in [5.41, 5.74) is 0.845. The Labute approximate surface area is 118 Å². The summed E-state index contributed by atoms with van der Waals surface area (Å²) in [4.78, 5) is 19.2. The van der Waals surface area contributed by atoms with Gasteiger partial charge in [0.25, 0.3) is 0 Å². The molecule has 1 aromatic rings. The van der Waals surface area contributed by atoms with E-state index in [0.29, 0.717) is 12.6 Å². The van der Waals surface area contributed by atoms with Crippen LogP contribution >= 0.6 is 11.3 Å². The van der Waals surface area contributed by atoms with Crippen LogP contribution in [0.2, 0.25) is 0 Å². The molecule has 5 heteroatoms. The number of aromatic nitrogens is 1. The van der Waals surface area contributed by atoms with E-state index in [9.17, 15) is 4.79 Å². The van der Waals surface area contributed by atoms with E-state index in [0.717, 1.165) is 28.2 Å². The van der Waals surface area contributed by atoms with Crippen molar-refractivity contribution >= 4 is 22.3 Å². The first-order chi connectivity index (χ1) is 9.04. The highest BCUT2D eigenvalue weighted by molar-refractivity contribution is 7.17. The van der Waals surface area contributed by atoms with Gasteiger partial charge in [0.2, 0.25) is 0 Å². The van der Waals surface area contributed by atoms with Gasteiger partial charge >= 0.3 is 0 Å². The molecule has 1 aliphatic carbocycles. The molecule has 1 fully saturated rings. The number of hydrogen-bond acceptors (Lipinski definition) is 5. The summed E-state index contributed by atoms with van der Waals surface area (Å²) < 4.78 is 5.20. The molecule has 0 N–H and O–H groups in total. The summed E-state index contributed by atoms with van der Waals surface area (Å²) in [7, 11) is 1.72. The third kappa shape index (κ3) is 3.34. The lowest BCUT2D eigenvalue weighted by Gasteiger charge is -2.28. The molecule has 1 aromatic heterocycles. The van der Waals surface area contributed by atoms with E-state index in [1.165, 1.54) is 24.2 Å². The van der Waals surface area contributed by atoms with Crippen LogP contribution in [-0.2, 0) is 4.74 Å². The zero-order valence-electron chi connectivity index (χ0n) is 12.1. The molecule has 1 saturated carbocycles. The highest BCUT2D eigenvalue weighted by Crippen LogP contribution is 2.38. The van der Waals surface area contributed by atoms with Crippen molar-refractivity contribution in [3.05, 3.63) is 10.6 Å². The minimum Gasteiger partial charge on any atom is -0.383 e. The van der Waals surface area contributed by atoms with E-state index in [1.807, 2.05) is 6.92 Å². The number of nitrogens with zero attached hydrogens (tertiary/aromatic N) is 2. The predicted molar refractivity (Wildman–Crippen MR) is 78.3 cm³/mol. The van der Waals surface area contributed by atoms with Crippen molar-refractivity contribution in [1.82, 2.24) is 4.98 Å². The SMILES string of the molecule is COCCN(c1nc(C)c(C(C)=O)s1)C(C)C1CC1. The summed E-state index contributed by atoms with van der Waals surface area (Å²) in [6, 6.07) is 0.473. The number of methoxy groups -OCH3 is 1. The van der Waals surface area contributed by atoms with Crippen LogP contribution in [0.4, 0.5) is 5.13 Å². The Morgan fingerprint density at radius 1 is 1.58 bits per heavy atom. The summed E-state index contributed by atoms with van der Waals surface area (Å²) >= 11 is 1.51. The maximum absolute atomic E-state index is 11.6. The molecule has 1 heterocycles. The predicted octanol–water partition coefficient (Wildman–Crippen LogP) is 2.91. The van der Waals surface area contributed by atoms with Crippen LogP contribution in [0.5, 0.6) is 0 Å².